The number of carboxylic acid groups (broad SMARTS) is 1. The summed E-state index contributed by atoms with van der Waals surface area (Å²) < 4.78 is 30.5. The van der Waals surface area contributed by atoms with Gasteiger partial charge in [-0.25, -0.2) is 9.59 Å². The van der Waals surface area contributed by atoms with Crippen LogP contribution in [0.5, 0.6) is 0 Å². The summed E-state index contributed by atoms with van der Waals surface area (Å²) in [6.07, 6.45) is -12.2. The number of aliphatic hydroxyl groups excluding tert-OH is 2. The van der Waals surface area contributed by atoms with Crippen molar-refractivity contribution in [3.05, 3.63) is 119 Å². The van der Waals surface area contributed by atoms with Gasteiger partial charge >= 0.3 is 29.8 Å². The highest BCUT2D eigenvalue weighted by Gasteiger charge is 2.78. The topological polar surface area (TPSA) is 259 Å². The van der Waals surface area contributed by atoms with Gasteiger partial charge in [0.05, 0.1) is 35.6 Å². The maximum absolute atomic E-state index is 15.8. The predicted molar refractivity (Wildman–Crippen MR) is 234 cm³/mol. The Morgan fingerprint density at radius 1 is 0.851 bits per heavy atom. The van der Waals surface area contributed by atoms with Gasteiger partial charge in [0.2, 0.25) is 0 Å². The van der Waals surface area contributed by atoms with Crippen LogP contribution in [0.15, 0.2) is 102 Å². The molecule has 1 aliphatic heterocycles. The van der Waals surface area contributed by atoms with E-state index >= 15 is 4.79 Å². The maximum atomic E-state index is 15.8. The molecule has 3 aliphatic carbocycles. The lowest BCUT2D eigenvalue weighted by atomic mass is 9.44. The van der Waals surface area contributed by atoms with Gasteiger partial charge in [-0.1, -0.05) is 80.6 Å². The van der Waals surface area contributed by atoms with Crippen LogP contribution in [0.2, 0.25) is 0 Å². The number of carboxylic acids is 1. The SMILES string of the molecule is CC(=O)O[C@@]12CO[C@@H]1C[C@H](O)[C@@]1(C)C(=O)[C@H](OC(=O)CCCC(=O)O)C3=C(C)[C@@H](OC(=O)[C@H](O)[C@H](NC(=O)c4ccccc4)c4ccccc4)C[C@@](O)([C@@H](OC(=O)c4ccccc4)C12)C3(C)C. The van der Waals surface area contributed by atoms with Gasteiger partial charge in [0.1, 0.15) is 23.9 Å². The molecule has 2 bridgehead atoms. The first-order chi connectivity index (χ1) is 31.7. The lowest BCUT2D eigenvalue weighted by Gasteiger charge is -2.67. The summed E-state index contributed by atoms with van der Waals surface area (Å²) in [6.45, 7) is 6.62. The lowest BCUT2D eigenvalue weighted by Crippen LogP contribution is -2.82. The molecule has 5 N–H and O–H groups in total. The van der Waals surface area contributed by atoms with E-state index in [1.807, 2.05) is 0 Å². The fraction of sp³-hybridized carbons (Fsp3) is 0.460. The van der Waals surface area contributed by atoms with Crippen LogP contribution in [-0.4, -0.2) is 116 Å². The van der Waals surface area contributed by atoms with E-state index < -0.39 is 131 Å². The number of ketones is 1. The minimum atomic E-state index is -2.48. The number of carbonyl (C=O) groups excluding carboxylic acids is 6. The van der Waals surface area contributed by atoms with Crippen LogP contribution in [0.4, 0.5) is 0 Å². The fourth-order valence-corrected chi connectivity index (χ4v) is 10.6. The summed E-state index contributed by atoms with van der Waals surface area (Å²) in [5.74, 6) is -8.47. The van der Waals surface area contributed by atoms with Crippen LogP contribution in [0.1, 0.15) is 99.0 Å². The van der Waals surface area contributed by atoms with Crippen LogP contribution in [0, 0.1) is 16.7 Å². The summed E-state index contributed by atoms with van der Waals surface area (Å²) in [4.78, 5) is 96.3. The van der Waals surface area contributed by atoms with Crippen molar-refractivity contribution in [3.63, 3.8) is 0 Å². The molecule has 67 heavy (non-hydrogen) atoms. The highest BCUT2D eigenvalue weighted by Crippen LogP contribution is 2.64. The van der Waals surface area contributed by atoms with Gasteiger partial charge in [-0.2, -0.15) is 0 Å². The number of rotatable bonds is 14. The van der Waals surface area contributed by atoms with Crippen LogP contribution in [-0.2, 0) is 47.7 Å². The zero-order chi connectivity index (χ0) is 48.6. The zero-order valence-corrected chi connectivity index (χ0v) is 37.7. The average Bonchev–Trinajstić information content (AvgIpc) is 3.29. The van der Waals surface area contributed by atoms with E-state index in [4.69, 9.17) is 23.7 Å². The van der Waals surface area contributed by atoms with Gasteiger partial charge in [-0.15, -0.1) is 0 Å². The number of hydrogen-bond donors (Lipinski definition) is 5. The predicted octanol–water partition coefficient (Wildman–Crippen LogP) is 3.97. The van der Waals surface area contributed by atoms with Crippen molar-refractivity contribution in [1.82, 2.24) is 5.32 Å². The van der Waals surface area contributed by atoms with E-state index in [2.05, 4.69) is 5.32 Å². The molecule has 4 aliphatic rings. The molecular formula is C50H55NO16. The van der Waals surface area contributed by atoms with Crippen molar-refractivity contribution < 1.29 is 77.7 Å². The standard InChI is InChI=1S/C50H55NO16/c1-27-32(64-46(61)39(57)38(29-16-9-6-10-17-29)51-44(59)30-18-11-7-12-19-30)25-50(62)43(66-45(60)31-20-13-8-14-21-31)41-48(5,33(53)24-34-49(41,26-63-34)67-28(2)52)42(58)40(37(27)47(50,3)4)65-36(56)23-15-22-35(54)55/h6-14,16-21,32-34,38-41,43,53,57,62H,15,22-26H2,1-5H3,(H,51,59)(H,54,55)/t32-,33-,34+,38+,39+,40+,41?,43-,48+,49-,50+/m0/s1. The molecule has 2 saturated carbocycles. The number of nitrogens with one attached hydrogen (secondary N) is 1. The smallest absolute Gasteiger partial charge is 0.338 e. The highest BCUT2D eigenvalue weighted by atomic mass is 16.6. The second-order valence-corrected chi connectivity index (χ2v) is 18.5. The molecule has 17 nitrogen and oxygen atoms in total. The second-order valence-electron chi connectivity index (χ2n) is 18.5. The van der Waals surface area contributed by atoms with Crippen molar-refractivity contribution in [2.75, 3.05) is 6.61 Å². The molecule has 3 fully saturated rings. The Morgan fingerprint density at radius 2 is 1.45 bits per heavy atom. The van der Waals surface area contributed by atoms with E-state index in [0.717, 1.165) is 6.92 Å². The Bertz CT molecular complexity index is 2440. The van der Waals surface area contributed by atoms with Gasteiger partial charge in [0.25, 0.3) is 5.91 Å². The van der Waals surface area contributed by atoms with E-state index in [0.29, 0.717) is 5.56 Å². The molecule has 1 unspecified atom stereocenters. The Balaban J connectivity index is 1.40. The Morgan fingerprint density at radius 3 is 2.01 bits per heavy atom. The van der Waals surface area contributed by atoms with Gasteiger partial charge in [0, 0.05) is 43.6 Å². The van der Waals surface area contributed by atoms with Crippen molar-refractivity contribution in [2.24, 2.45) is 16.7 Å². The fourth-order valence-electron chi connectivity index (χ4n) is 10.6. The number of fused-ring (bicyclic) bond motifs is 5. The van der Waals surface area contributed by atoms with Crippen LogP contribution >= 0.6 is 0 Å². The molecule has 1 amide bonds. The molecule has 3 aromatic rings. The Labute approximate surface area is 386 Å². The third-order valence-electron chi connectivity index (χ3n) is 14.2. The molecule has 0 aromatic heterocycles. The van der Waals surface area contributed by atoms with Crippen LogP contribution < -0.4 is 5.32 Å². The number of esters is 4. The molecule has 7 rings (SSSR count). The maximum Gasteiger partial charge on any atom is 0.338 e. The third kappa shape index (κ3) is 8.76. The van der Waals surface area contributed by atoms with Crippen LogP contribution in [0.25, 0.3) is 0 Å². The molecule has 0 radical (unpaired) electrons. The second kappa shape index (κ2) is 18.8. The van der Waals surface area contributed by atoms with Gasteiger partial charge in [-0.3, -0.25) is 24.0 Å². The van der Waals surface area contributed by atoms with Crippen LogP contribution in [0.3, 0.4) is 0 Å². The molecule has 3 aromatic carbocycles. The summed E-state index contributed by atoms with van der Waals surface area (Å²) in [5, 5.41) is 49.9. The molecular weight excluding hydrogens is 871 g/mol. The third-order valence-corrected chi connectivity index (χ3v) is 14.2. The molecule has 17 heteroatoms. The van der Waals surface area contributed by atoms with Crippen molar-refractivity contribution >= 4 is 41.5 Å². The summed E-state index contributed by atoms with van der Waals surface area (Å²) in [7, 11) is 0. The number of amides is 1. The van der Waals surface area contributed by atoms with Crippen molar-refractivity contribution in [3.8, 4) is 0 Å². The molecule has 1 saturated heterocycles. The van der Waals surface area contributed by atoms with Gasteiger partial charge in [-0.05, 0) is 61.2 Å². The minimum Gasteiger partial charge on any atom is -0.481 e. The lowest BCUT2D eigenvalue weighted by molar-refractivity contribution is -0.346. The Hall–Kier alpha value is -6.27. The van der Waals surface area contributed by atoms with Crippen molar-refractivity contribution in [2.45, 2.75) is 121 Å². The number of benzene rings is 3. The number of Topliss-reactive ketones (excluding diaryl/α,β-unsaturated/α-hetero) is 1. The first kappa shape index (κ1) is 48.7. The largest absolute Gasteiger partial charge is 0.481 e. The summed E-state index contributed by atoms with van der Waals surface area (Å²) in [5.41, 5.74) is -7.65. The van der Waals surface area contributed by atoms with E-state index in [1.165, 1.54) is 39.8 Å². The zero-order valence-electron chi connectivity index (χ0n) is 37.7. The van der Waals surface area contributed by atoms with Crippen molar-refractivity contribution in [1.29, 1.82) is 0 Å². The van der Waals surface area contributed by atoms with E-state index in [1.54, 1.807) is 78.9 Å². The molecule has 1 heterocycles. The number of carbonyl (C=O) groups is 7. The van der Waals surface area contributed by atoms with E-state index in [-0.39, 0.29) is 41.7 Å². The Kier molecular flexibility index (Phi) is 13.6. The molecule has 0 spiro atoms. The number of hydrogen-bond acceptors (Lipinski definition) is 15. The monoisotopic (exact) mass is 925 g/mol. The van der Waals surface area contributed by atoms with Gasteiger partial charge < -0.3 is 49.4 Å². The first-order valence-corrected chi connectivity index (χ1v) is 22.1. The van der Waals surface area contributed by atoms with E-state index in [9.17, 15) is 49.2 Å². The quantitative estimate of drug-likeness (QED) is 0.0871. The summed E-state index contributed by atoms with van der Waals surface area (Å²) >= 11 is 0. The van der Waals surface area contributed by atoms with Gasteiger partial charge in [0.15, 0.2) is 23.6 Å². The first-order valence-electron chi connectivity index (χ1n) is 22.1. The molecule has 11 atom stereocenters. The highest BCUT2D eigenvalue weighted by molar-refractivity contribution is 5.96. The number of aliphatic carboxylic acids is 1. The normalized spacial score (nSPS) is 30.3. The molecule has 356 valence electrons. The minimum absolute atomic E-state index is 0.0322. The average molecular weight is 926 g/mol. The number of ether oxygens (including phenoxy) is 5. The summed E-state index contributed by atoms with van der Waals surface area (Å²) in [6, 6.07) is 22.6. The number of aliphatic hydroxyl groups is 3.